The number of nitrogens with two attached hydrogens (primary N) is 1. The van der Waals surface area contributed by atoms with Crippen molar-refractivity contribution in [3.8, 4) is 0 Å². The molecule has 4 heteroatoms. The van der Waals surface area contributed by atoms with Crippen molar-refractivity contribution in [3.05, 3.63) is 57.2 Å². The van der Waals surface area contributed by atoms with Gasteiger partial charge in [-0.15, -0.1) is 0 Å². The van der Waals surface area contributed by atoms with E-state index >= 15 is 0 Å². The summed E-state index contributed by atoms with van der Waals surface area (Å²) in [5.41, 5.74) is 9.62. The van der Waals surface area contributed by atoms with E-state index in [0.29, 0.717) is 0 Å². The Morgan fingerprint density at radius 1 is 1.15 bits per heavy atom. The van der Waals surface area contributed by atoms with Crippen molar-refractivity contribution >= 4 is 39.9 Å². The summed E-state index contributed by atoms with van der Waals surface area (Å²) in [6.07, 6.45) is 1.90. The highest BCUT2D eigenvalue weighted by molar-refractivity contribution is 14.1. The van der Waals surface area contributed by atoms with Crippen LogP contribution in [0.1, 0.15) is 22.3 Å². The monoisotopic (exact) mass is 378 g/mol. The summed E-state index contributed by atoms with van der Waals surface area (Å²) in [7, 11) is 0. The fourth-order valence-corrected chi connectivity index (χ4v) is 3.26. The van der Waals surface area contributed by atoms with E-state index in [2.05, 4.69) is 22.6 Å². The van der Waals surface area contributed by atoms with Crippen LogP contribution in [0.4, 0.5) is 11.4 Å². The Morgan fingerprint density at radius 3 is 2.75 bits per heavy atom. The lowest BCUT2D eigenvalue weighted by atomic mass is 9.99. The number of nitrogens with zero attached hydrogens (tertiary/aromatic N) is 1. The minimum absolute atomic E-state index is 0.0570. The molecule has 2 aromatic rings. The minimum Gasteiger partial charge on any atom is -0.398 e. The van der Waals surface area contributed by atoms with E-state index in [4.69, 9.17) is 5.73 Å². The molecule has 0 fully saturated rings. The molecule has 1 heterocycles. The molecule has 1 aliphatic heterocycles. The largest absolute Gasteiger partial charge is 0.398 e. The van der Waals surface area contributed by atoms with E-state index in [1.165, 1.54) is 0 Å². The van der Waals surface area contributed by atoms with Gasteiger partial charge in [-0.25, -0.2) is 0 Å². The first-order chi connectivity index (χ1) is 9.68. The van der Waals surface area contributed by atoms with Crippen molar-refractivity contribution in [1.82, 2.24) is 0 Å². The number of nitrogen functional groups attached to an aromatic ring is 1. The molecule has 20 heavy (non-hydrogen) atoms. The number of carbonyl (C=O) groups excluding carboxylic acids is 1. The van der Waals surface area contributed by atoms with Crippen molar-refractivity contribution in [3.63, 3.8) is 0 Å². The summed E-state index contributed by atoms with van der Waals surface area (Å²) in [5, 5.41) is 0. The Hall–Kier alpha value is -1.56. The van der Waals surface area contributed by atoms with Crippen LogP contribution in [0.3, 0.4) is 0 Å². The summed E-state index contributed by atoms with van der Waals surface area (Å²) in [5.74, 6) is 0.0570. The van der Waals surface area contributed by atoms with Crippen LogP contribution in [0.5, 0.6) is 0 Å². The van der Waals surface area contributed by atoms with Crippen LogP contribution in [0.2, 0.25) is 0 Å². The number of hydrogen-bond donors (Lipinski definition) is 1. The lowest BCUT2D eigenvalue weighted by Crippen LogP contribution is -2.36. The maximum absolute atomic E-state index is 12.8. The molecule has 0 saturated carbocycles. The molecule has 0 aliphatic carbocycles. The van der Waals surface area contributed by atoms with E-state index in [0.717, 1.165) is 45.5 Å². The maximum Gasteiger partial charge on any atom is 0.259 e. The number of halogens is 1. The summed E-state index contributed by atoms with van der Waals surface area (Å²) in [6, 6.07) is 13.5. The van der Waals surface area contributed by atoms with Crippen LogP contribution >= 0.6 is 22.6 Å². The molecule has 0 atom stereocenters. The second-order valence-electron chi connectivity index (χ2n) is 4.89. The zero-order valence-corrected chi connectivity index (χ0v) is 13.1. The summed E-state index contributed by atoms with van der Waals surface area (Å²) in [6.45, 7) is 0.750. The van der Waals surface area contributed by atoms with Crippen molar-refractivity contribution in [2.45, 2.75) is 12.8 Å². The van der Waals surface area contributed by atoms with E-state index in [1.54, 1.807) is 0 Å². The Kier molecular flexibility index (Phi) is 3.65. The number of anilines is 2. The lowest BCUT2D eigenvalue weighted by Gasteiger charge is -2.30. The molecule has 2 aromatic carbocycles. The zero-order valence-electron chi connectivity index (χ0n) is 11.0. The molecule has 0 unspecified atom stereocenters. The van der Waals surface area contributed by atoms with Crippen LogP contribution in [0.25, 0.3) is 0 Å². The summed E-state index contributed by atoms with van der Waals surface area (Å²) >= 11 is 2.21. The van der Waals surface area contributed by atoms with Crippen LogP contribution < -0.4 is 10.6 Å². The zero-order chi connectivity index (χ0) is 14.1. The molecule has 1 amide bonds. The van der Waals surface area contributed by atoms with Gasteiger partial charge in [0.1, 0.15) is 0 Å². The normalized spacial score (nSPS) is 13.9. The van der Waals surface area contributed by atoms with Crippen molar-refractivity contribution < 1.29 is 4.79 Å². The standard InChI is InChI=1S/C16H15IN2O/c17-13-7-2-1-5-11(13)16(20)19-10-4-6-12-14(18)8-3-9-15(12)19/h1-3,5,7-9H,4,6,10,18H2. The average Bonchev–Trinajstić information content (AvgIpc) is 2.47. The lowest BCUT2D eigenvalue weighted by molar-refractivity contribution is 0.0984. The molecule has 3 rings (SSSR count). The third-order valence-electron chi connectivity index (χ3n) is 3.64. The van der Waals surface area contributed by atoms with Crippen molar-refractivity contribution in [2.75, 3.05) is 17.2 Å². The van der Waals surface area contributed by atoms with Gasteiger partial charge in [0, 0.05) is 21.5 Å². The number of carbonyl (C=O) groups is 1. The van der Waals surface area contributed by atoms with Gasteiger partial charge in [0.25, 0.3) is 5.91 Å². The molecule has 1 aliphatic rings. The first-order valence-corrected chi connectivity index (χ1v) is 7.70. The second kappa shape index (κ2) is 5.44. The topological polar surface area (TPSA) is 46.3 Å². The number of rotatable bonds is 1. The molecule has 0 saturated heterocycles. The van der Waals surface area contributed by atoms with Gasteiger partial charge in [0.2, 0.25) is 0 Å². The first-order valence-electron chi connectivity index (χ1n) is 6.62. The molecule has 3 nitrogen and oxygen atoms in total. The number of hydrogen-bond acceptors (Lipinski definition) is 2. The molecule has 2 N–H and O–H groups in total. The fourth-order valence-electron chi connectivity index (χ4n) is 2.64. The van der Waals surface area contributed by atoms with E-state index in [9.17, 15) is 4.79 Å². The number of benzene rings is 2. The smallest absolute Gasteiger partial charge is 0.259 e. The molecular weight excluding hydrogens is 363 g/mol. The second-order valence-corrected chi connectivity index (χ2v) is 6.05. The Balaban J connectivity index is 2.03. The molecule has 0 bridgehead atoms. The predicted molar refractivity (Wildman–Crippen MR) is 90.0 cm³/mol. The first kappa shape index (κ1) is 13.4. The van der Waals surface area contributed by atoms with Crippen LogP contribution in [-0.4, -0.2) is 12.5 Å². The van der Waals surface area contributed by atoms with E-state index < -0.39 is 0 Å². The maximum atomic E-state index is 12.8. The SMILES string of the molecule is Nc1cccc2c1CCCN2C(=O)c1ccccc1I. The number of amides is 1. The van der Waals surface area contributed by atoms with Gasteiger partial charge in [0.05, 0.1) is 5.56 Å². The van der Waals surface area contributed by atoms with Gasteiger partial charge in [-0.05, 0) is 65.3 Å². The quantitative estimate of drug-likeness (QED) is 0.610. The molecule has 102 valence electrons. The highest BCUT2D eigenvalue weighted by Gasteiger charge is 2.25. The van der Waals surface area contributed by atoms with Crippen molar-refractivity contribution in [1.29, 1.82) is 0 Å². The average molecular weight is 378 g/mol. The van der Waals surface area contributed by atoms with Crippen molar-refractivity contribution in [2.24, 2.45) is 0 Å². The molecule has 0 spiro atoms. The summed E-state index contributed by atoms with van der Waals surface area (Å²) < 4.78 is 0.978. The third-order valence-corrected chi connectivity index (χ3v) is 4.58. The Labute approximate surface area is 131 Å². The van der Waals surface area contributed by atoms with Gasteiger partial charge in [-0.3, -0.25) is 4.79 Å². The summed E-state index contributed by atoms with van der Waals surface area (Å²) in [4.78, 5) is 14.6. The van der Waals surface area contributed by atoms with Gasteiger partial charge in [-0.2, -0.15) is 0 Å². The fraction of sp³-hybridized carbons (Fsp3) is 0.188. The Morgan fingerprint density at radius 2 is 1.95 bits per heavy atom. The van der Waals surface area contributed by atoms with E-state index in [-0.39, 0.29) is 5.91 Å². The molecule has 0 radical (unpaired) electrons. The van der Waals surface area contributed by atoms with Gasteiger partial charge < -0.3 is 10.6 Å². The predicted octanol–water partition coefficient (Wildman–Crippen LogP) is 3.47. The molecular formula is C16H15IN2O. The van der Waals surface area contributed by atoms with E-state index in [1.807, 2.05) is 47.4 Å². The number of fused-ring (bicyclic) bond motifs is 1. The van der Waals surface area contributed by atoms with Crippen LogP contribution in [0, 0.1) is 3.57 Å². The van der Waals surface area contributed by atoms with Crippen LogP contribution in [0.15, 0.2) is 42.5 Å². The highest BCUT2D eigenvalue weighted by Crippen LogP contribution is 2.32. The molecule has 0 aromatic heterocycles. The van der Waals surface area contributed by atoms with Gasteiger partial charge in [0.15, 0.2) is 0 Å². The van der Waals surface area contributed by atoms with Gasteiger partial charge in [-0.1, -0.05) is 18.2 Å². The van der Waals surface area contributed by atoms with Crippen LogP contribution in [-0.2, 0) is 6.42 Å². The Bertz CT molecular complexity index is 669. The minimum atomic E-state index is 0.0570. The highest BCUT2D eigenvalue weighted by atomic mass is 127. The third kappa shape index (κ3) is 2.28. The van der Waals surface area contributed by atoms with Gasteiger partial charge >= 0.3 is 0 Å².